The molecular formula is C14H19NO. The molecule has 0 heterocycles. The van der Waals surface area contributed by atoms with Crippen LogP contribution in [0.2, 0.25) is 0 Å². The Labute approximate surface area is 97.4 Å². The van der Waals surface area contributed by atoms with Crippen LogP contribution in [0.15, 0.2) is 54.0 Å². The number of benzene rings is 1. The van der Waals surface area contributed by atoms with Crippen LogP contribution in [0.5, 0.6) is 0 Å². The molecule has 0 fully saturated rings. The van der Waals surface area contributed by atoms with Crippen molar-refractivity contribution in [3.63, 3.8) is 0 Å². The number of hydrogen-bond donors (Lipinski definition) is 1. The second-order valence-electron chi connectivity index (χ2n) is 3.87. The maximum Gasteiger partial charge on any atom is 0.116 e. The van der Waals surface area contributed by atoms with E-state index < -0.39 is 0 Å². The van der Waals surface area contributed by atoms with Crippen molar-refractivity contribution in [3.8, 4) is 0 Å². The zero-order chi connectivity index (χ0) is 12.0. The lowest BCUT2D eigenvalue weighted by atomic mass is 10.1. The summed E-state index contributed by atoms with van der Waals surface area (Å²) in [5, 5.41) is 0. The molecule has 0 amide bonds. The standard InChI is InChI=1S/C14H19NO/c1-11(2)16-14(10-15)12(3)9-13-7-5-4-6-8-13/h4-8H,1,9-10,15H2,2-3H3/b14-12+. The average molecular weight is 217 g/mol. The highest BCUT2D eigenvalue weighted by molar-refractivity contribution is 5.23. The highest BCUT2D eigenvalue weighted by Crippen LogP contribution is 2.14. The molecule has 0 aliphatic rings. The quantitative estimate of drug-likeness (QED) is 0.769. The monoisotopic (exact) mass is 217 g/mol. The predicted octanol–water partition coefficient (Wildman–Crippen LogP) is 3.01. The third-order valence-corrected chi connectivity index (χ3v) is 2.27. The third-order valence-electron chi connectivity index (χ3n) is 2.27. The van der Waals surface area contributed by atoms with Crippen LogP contribution < -0.4 is 5.73 Å². The Morgan fingerprint density at radius 1 is 1.25 bits per heavy atom. The summed E-state index contributed by atoms with van der Waals surface area (Å²) in [6, 6.07) is 10.3. The summed E-state index contributed by atoms with van der Waals surface area (Å²) in [7, 11) is 0. The van der Waals surface area contributed by atoms with Gasteiger partial charge in [-0.15, -0.1) is 0 Å². The van der Waals surface area contributed by atoms with E-state index in [9.17, 15) is 0 Å². The normalized spacial score (nSPS) is 11.9. The van der Waals surface area contributed by atoms with Gasteiger partial charge in [0.05, 0.1) is 12.3 Å². The van der Waals surface area contributed by atoms with Crippen LogP contribution in [0.4, 0.5) is 0 Å². The van der Waals surface area contributed by atoms with Crippen molar-refractivity contribution in [1.82, 2.24) is 0 Å². The van der Waals surface area contributed by atoms with Crippen molar-refractivity contribution >= 4 is 0 Å². The molecule has 0 aromatic heterocycles. The minimum atomic E-state index is 0.408. The fourth-order valence-corrected chi connectivity index (χ4v) is 1.51. The lowest BCUT2D eigenvalue weighted by Gasteiger charge is -2.12. The van der Waals surface area contributed by atoms with Crippen LogP contribution in [0.25, 0.3) is 0 Å². The van der Waals surface area contributed by atoms with Crippen molar-refractivity contribution in [1.29, 1.82) is 0 Å². The average Bonchev–Trinajstić information content (AvgIpc) is 2.26. The van der Waals surface area contributed by atoms with Gasteiger partial charge in [0.25, 0.3) is 0 Å². The van der Waals surface area contributed by atoms with E-state index in [4.69, 9.17) is 10.5 Å². The highest BCUT2D eigenvalue weighted by atomic mass is 16.5. The van der Waals surface area contributed by atoms with Gasteiger partial charge in [-0.05, 0) is 31.4 Å². The third kappa shape index (κ3) is 3.91. The molecule has 0 saturated heterocycles. The molecule has 16 heavy (non-hydrogen) atoms. The molecule has 86 valence electrons. The van der Waals surface area contributed by atoms with Gasteiger partial charge in [0.2, 0.25) is 0 Å². The Morgan fingerprint density at radius 3 is 2.38 bits per heavy atom. The number of rotatable bonds is 5. The van der Waals surface area contributed by atoms with E-state index in [-0.39, 0.29) is 0 Å². The first-order valence-corrected chi connectivity index (χ1v) is 5.39. The largest absolute Gasteiger partial charge is 0.466 e. The second-order valence-corrected chi connectivity index (χ2v) is 3.87. The smallest absolute Gasteiger partial charge is 0.116 e. The first-order chi connectivity index (χ1) is 7.63. The van der Waals surface area contributed by atoms with E-state index in [2.05, 4.69) is 18.7 Å². The first kappa shape index (κ1) is 12.5. The van der Waals surface area contributed by atoms with E-state index >= 15 is 0 Å². The maximum absolute atomic E-state index is 5.65. The predicted molar refractivity (Wildman–Crippen MR) is 67.8 cm³/mol. The van der Waals surface area contributed by atoms with Gasteiger partial charge in [-0.3, -0.25) is 0 Å². The van der Waals surface area contributed by atoms with Gasteiger partial charge in [0.15, 0.2) is 0 Å². The van der Waals surface area contributed by atoms with Crippen LogP contribution in [-0.2, 0) is 11.2 Å². The summed E-state index contributed by atoms with van der Waals surface area (Å²) in [6.07, 6.45) is 0.862. The summed E-state index contributed by atoms with van der Waals surface area (Å²) in [6.45, 7) is 7.99. The molecule has 2 nitrogen and oxygen atoms in total. The van der Waals surface area contributed by atoms with E-state index in [1.807, 2.05) is 32.0 Å². The molecular weight excluding hydrogens is 198 g/mol. The van der Waals surface area contributed by atoms with Crippen molar-refractivity contribution in [2.45, 2.75) is 20.3 Å². The van der Waals surface area contributed by atoms with E-state index in [1.54, 1.807) is 0 Å². The molecule has 1 aromatic carbocycles. The van der Waals surface area contributed by atoms with Gasteiger partial charge in [0, 0.05) is 0 Å². The van der Waals surface area contributed by atoms with Crippen molar-refractivity contribution in [3.05, 3.63) is 59.6 Å². The van der Waals surface area contributed by atoms with Crippen LogP contribution in [0, 0.1) is 0 Å². The Bertz CT molecular complexity index is 379. The minimum Gasteiger partial charge on any atom is -0.466 e. The molecule has 0 unspecified atom stereocenters. The fraction of sp³-hybridized carbons (Fsp3) is 0.286. The summed E-state index contributed by atoms with van der Waals surface area (Å²) >= 11 is 0. The lowest BCUT2D eigenvalue weighted by Crippen LogP contribution is -2.09. The van der Waals surface area contributed by atoms with Crippen molar-refractivity contribution in [2.24, 2.45) is 5.73 Å². The van der Waals surface area contributed by atoms with Gasteiger partial charge in [0.1, 0.15) is 5.76 Å². The Balaban J connectivity index is 2.78. The molecule has 0 spiro atoms. The number of hydrogen-bond acceptors (Lipinski definition) is 2. The van der Waals surface area contributed by atoms with Crippen LogP contribution in [0.3, 0.4) is 0 Å². The minimum absolute atomic E-state index is 0.408. The maximum atomic E-state index is 5.65. The molecule has 1 rings (SSSR count). The molecule has 1 aromatic rings. The van der Waals surface area contributed by atoms with Crippen molar-refractivity contribution in [2.75, 3.05) is 6.54 Å². The molecule has 0 radical (unpaired) electrons. The van der Waals surface area contributed by atoms with Crippen molar-refractivity contribution < 1.29 is 4.74 Å². The highest BCUT2D eigenvalue weighted by Gasteiger charge is 2.03. The van der Waals surface area contributed by atoms with Gasteiger partial charge in [-0.2, -0.15) is 0 Å². The Kier molecular flexibility index (Phi) is 4.80. The SMILES string of the molecule is C=C(C)O/C(CN)=C(\C)Cc1ccccc1. The lowest BCUT2D eigenvalue weighted by molar-refractivity contribution is 0.298. The van der Waals surface area contributed by atoms with Crippen LogP contribution >= 0.6 is 0 Å². The van der Waals surface area contributed by atoms with Crippen LogP contribution in [0.1, 0.15) is 19.4 Å². The first-order valence-electron chi connectivity index (χ1n) is 5.39. The van der Waals surface area contributed by atoms with Crippen LogP contribution in [-0.4, -0.2) is 6.54 Å². The number of ether oxygens (including phenoxy) is 1. The fourth-order valence-electron chi connectivity index (χ4n) is 1.51. The molecule has 2 N–H and O–H groups in total. The number of nitrogens with two attached hydrogens (primary N) is 1. The molecule has 0 atom stereocenters. The van der Waals surface area contributed by atoms with E-state index in [0.717, 1.165) is 17.8 Å². The zero-order valence-electron chi connectivity index (χ0n) is 9.99. The molecule has 2 heteroatoms. The van der Waals surface area contributed by atoms with E-state index in [0.29, 0.717) is 12.3 Å². The number of allylic oxidation sites excluding steroid dienone is 2. The zero-order valence-corrected chi connectivity index (χ0v) is 9.99. The molecule has 0 aliphatic carbocycles. The molecule has 0 aliphatic heterocycles. The summed E-state index contributed by atoms with van der Waals surface area (Å²) in [4.78, 5) is 0. The summed E-state index contributed by atoms with van der Waals surface area (Å²) in [5.41, 5.74) is 8.06. The van der Waals surface area contributed by atoms with Gasteiger partial charge >= 0.3 is 0 Å². The van der Waals surface area contributed by atoms with Gasteiger partial charge < -0.3 is 10.5 Å². The summed E-state index contributed by atoms with van der Waals surface area (Å²) < 4.78 is 5.49. The Morgan fingerprint density at radius 2 is 1.88 bits per heavy atom. The van der Waals surface area contributed by atoms with Gasteiger partial charge in [-0.1, -0.05) is 36.9 Å². The molecule has 0 saturated carbocycles. The Hall–Kier alpha value is -1.54. The van der Waals surface area contributed by atoms with E-state index in [1.165, 1.54) is 5.56 Å². The second kappa shape index (κ2) is 6.13. The molecule has 0 bridgehead atoms. The van der Waals surface area contributed by atoms with Gasteiger partial charge in [-0.25, -0.2) is 0 Å². The topological polar surface area (TPSA) is 35.2 Å². The summed E-state index contributed by atoms with van der Waals surface area (Å²) in [5.74, 6) is 1.49.